The lowest BCUT2D eigenvalue weighted by molar-refractivity contribution is -0.143. The number of carbonyl (C=O) groups is 2. The van der Waals surface area contributed by atoms with E-state index in [1.807, 2.05) is 54.6 Å². The number of benzene rings is 2. The van der Waals surface area contributed by atoms with Crippen molar-refractivity contribution in [1.82, 2.24) is 24.8 Å². The average molecular weight is 570 g/mol. The van der Waals surface area contributed by atoms with Gasteiger partial charge in [-0.1, -0.05) is 66.2 Å². The van der Waals surface area contributed by atoms with Crippen LogP contribution in [0.5, 0.6) is 0 Å². The second-order valence-electron chi connectivity index (χ2n) is 9.48. The first kappa shape index (κ1) is 29.6. The van der Waals surface area contributed by atoms with Crippen molar-refractivity contribution in [3.8, 4) is 11.1 Å². The molecule has 0 aliphatic carbocycles. The van der Waals surface area contributed by atoms with E-state index in [1.165, 1.54) is 18.6 Å². The molecule has 0 aliphatic heterocycles. The van der Waals surface area contributed by atoms with Crippen LogP contribution in [0, 0.1) is 0 Å². The molecular formula is C32H32ClN5O3. The SMILES string of the molecule is COCCN(C)C(=O)C(Cc1ccccc1)N(Cc1ccc(-c2cncnc2)cc1)C(=O)C=Cc1ccc(Cl)cn1. The predicted molar refractivity (Wildman–Crippen MR) is 160 cm³/mol. The highest BCUT2D eigenvalue weighted by atomic mass is 35.5. The van der Waals surface area contributed by atoms with Crippen LogP contribution in [-0.2, 0) is 27.3 Å². The zero-order chi connectivity index (χ0) is 29.0. The molecule has 4 rings (SSSR count). The van der Waals surface area contributed by atoms with E-state index in [9.17, 15) is 9.59 Å². The number of likely N-dealkylation sites (N-methyl/N-ethyl adjacent to an activating group) is 1. The highest BCUT2D eigenvalue weighted by molar-refractivity contribution is 6.30. The van der Waals surface area contributed by atoms with Crippen LogP contribution in [0.1, 0.15) is 16.8 Å². The number of pyridine rings is 1. The van der Waals surface area contributed by atoms with E-state index in [4.69, 9.17) is 16.3 Å². The van der Waals surface area contributed by atoms with Gasteiger partial charge in [-0.25, -0.2) is 9.97 Å². The van der Waals surface area contributed by atoms with Gasteiger partial charge in [-0.05, 0) is 34.9 Å². The Bertz CT molecular complexity index is 1430. The summed E-state index contributed by atoms with van der Waals surface area (Å²) in [5, 5.41) is 0.508. The third kappa shape index (κ3) is 8.54. The molecule has 1 unspecified atom stereocenters. The fraction of sp³-hybridized carbons (Fsp3) is 0.219. The van der Waals surface area contributed by atoms with Gasteiger partial charge in [0, 0.05) is 63.9 Å². The number of halogens is 1. The third-order valence-corrected chi connectivity index (χ3v) is 6.79. The Kier molecular flexibility index (Phi) is 10.7. The van der Waals surface area contributed by atoms with Gasteiger partial charge in [0.25, 0.3) is 0 Å². The predicted octanol–water partition coefficient (Wildman–Crippen LogP) is 4.95. The van der Waals surface area contributed by atoms with Crippen LogP contribution in [0.15, 0.2) is 97.7 Å². The summed E-state index contributed by atoms with van der Waals surface area (Å²) in [5.74, 6) is -0.480. The van der Waals surface area contributed by atoms with Gasteiger partial charge in [-0.3, -0.25) is 14.6 Å². The quantitative estimate of drug-likeness (QED) is 0.224. The second kappa shape index (κ2) is 14.8. The molecule has 2 aromatic carbocycles. The smallest absolute Gasteiger partial charge is 0.247 e. The first-order chi connectivity index (χ1) is 19.9. The van der Waals surface area contributed by atoms with Crippen LogP contribution in [0.25, 0.3) is 17.2 Å². The van der Waals surface area contributed by atoms with E-state index in [2.05, 4.69) is 15.0 Å². The summed E-state index contributed by atoms with van der Waals surface area (Å²) >= 11 is 5.96. The average Bonchev–Trinajstić information content (AvgIpc) is 3.02. The molecule has 0 saturated heterocycles. The van der Waals surface area contributed by atoms with Crippen molar-refractivity contribution in [2.24, 2.45) is 0 Å². The fourth-order valence-electron chi connectivity index (χ4n) is 4.29. The van der Waals surface area contributed by atoms with Gasteiger partial charge in [0.1, 0.15) is 12.4 Å². The van der Waals surface area contributed by atoms with Crippen molar-refractivity contribution in [3.63, 3.8) is 0 Å². The minimum atomic E-state index is -0.753. The number of carbonyl (C=O) groups excluding carboxylic acids is 2. The summed E-state index contributed by atoms with van der Waals surface area (Å²) in [6.45, 7) is 1.02. The van der Waals surface area contributed by atoms with Gasteiger partial charge in [-0.2, -0.15) is 0 Å². The van der Waals surface area contributed by atoms with Crippen molar-refractivity contribution < 1.29 is 14.3 Å². The number of hydrogen-bond donors (Lipinski definition) is 0. The molecule has 0 fully saturated rings. The monoisotopic (exact) mass is 569 g/mol. The van der Waals surface area contributed by atoms with Gasteiger partial charge in [0.15, 0.2) is 0 Å². The third-order valence-electron chi connectivity index (χ3n) is 6.57. The molecular weight excluding hydrogens is 538 g/mol. The van der Waals surface area contributed by atoms with Crippen LogP contribution < -0.4 is 0 Å². The maximum atomic E-state index is 13.9. The van der Waals surface area contributed by atoms with Crippen molar-refractivity contribution in [2.45, 2.75) is 19.0 Å². The van der Waals surface area contributed by atoms with Crippen LogP contribution in [0.2, 0.25) is 5.02 Å². The number of ether oxygens (including phenoxy) is 1. The zero-order valence-corrected chi connectivity index (χ0v) is 23.8. The Balaban J connectivity index is 1.68. The highest BCUT2D eigenvalue weighted by Crippen LogP contribution is 2.21. The molecule has 2 aromatic heterocycles. The van der Waals surface area contributed by atoms with Gasteiger partial charge >= 0.3 is 0 Å². The minimum absolute atomic E-state index is 0.171. The molecule has 0 saturated carbocycles. The normalized spacial score (nSPS) is 11.8. The maximum Gasteiger partial charge on any atom is 0.247 e. The number of amides is 2. The molecule has 41 heavy (non-hydrogen) atoms. The zero-order valence-electron chi connectivity index (χ0n) is 23.1. The standard InChI is InChI=1S/C32H32ClN5O3/c1-37(16-17-41-2)32(40)30(18-24-6-4-3-5-7-24)38(31(39)15-14-29-13-12-28(33)21-36-29)22-25-8-10-26(11-9-25)27-19-34-23-35-20-27/h3-15,19-21,23,30H,16-18,22H2,1-2H3. The number of rotatable bonds is 12. The van der Waals surface area contributed by atoms with E-state index in [0.717, 1.165) is 22.3 Å². The summed E-state index contributed by atoms with van der Waals surface area (Å²) in [6, 6.07) is 20.2. The van der Waals surface area contributed by atoms with Gasteiger partial charge in [0.2, 0.25) is 11.8 Å². The van der Waals surface area contributed by atoms with Crippen LogP contribution in [0.3, 0.4) is 0 Å². The minimum Gasteiger partial charge on any atom is -0.383 e. The molecule has 4 aromatic rings. The maximum absolute atomic E-state index is 13.9. The lowest BCUT2D eigenvalue weighted by atomic mass is 10.0. The highest BCUT2D eigenvalue weighted by Gasteiger charge is 2.31. The molecule has 0 spiro atoms. The Morgan fingerprint density at radius 3 is 2.32 bits per heavy atom. The van der Waals surface area contributed by atoms with Gasteiger partial charge < -0.3 is 14.5 Å². The molecule has 8 nitrogen and oxygen atoms in total. The van der Waals surface area contributed by atoms with E-state index in [-0.39, 0.29) is 18.4 Å². The van der Waals surface area contributed by atoms with E-state index in [0.29, 0.717) is 30.3 Å². The molecule has 2 amide bonds. The van der Waals surface area contributed by atoms with E-state index in [1.54, 1.807) is 54.6 Å². The van der Waals surface area contributed by atoms with Crippen molar-refractivity contribution in [2.75, 3.05) is 27.3 Å². The lowest BCUT2D eigenvalue weighted by Crippen LogP contribution is -2.51. The fourth-order valence-corrected chi connectivity index (χ4v) is 4.40. The number of methoxy groups -OCH3 is 1. The van der Waals surface area contributed by atoms with Crippen molar-refractivity contribution in [3.05, 3.63) is 120 Å². The van der Waals surface area contributed by atoms with Gasteiger partial charge in [-0.15, -0.1) is 0 Å². The molecule has 210 valence electrons. The summed E-state index contributed by atoms with van der Waals surface area (Å²) in [5.41, 5.74) is 4.26. The summed E-state index contributed by atoms with van der Waals surface area (Å²) in [7, 11) is 3.32. The molecule has 0 bridgehead atoms. The molecule has 9 heteroatoms. The molecule has 0 radical (unpaired) electrons. The summed E-state index contributed by atoms with van der Waals surface area (Å²) < 4.78 is 5.20. The first-order valence-electron chi connectivity index (χ1n) is 13.2. The largest absolute Gasteiger partial charge is 0.383 e. The van der Waals surface area contributed by atoms with Crippen LogP contribution >= 0.6 is 11.6 Å². The second-order valence-corrected chi connectivity index (χ2v) is 9.92. The van der Waals surface area contributed by atoms with Gasteiger partial charge in [0.05, 0.1) is 17.3 Å². The Morgan fingerprint density at radius 2 is 1.66 bits per heavy atom. The number of hydrogen-bond acceptors (Lipinski definition) is 6. The number of aromatic nitrogens is 3. The van der Waals surface area contributed by atoms with Crippen LogP contribution in [-0.4, -0.2) is 69.9 Å². The van der Waals surface area contributed by atoms with E-state index < -0.39 is 6.04 Å². The van der Waals surface area contributed by atoms with E-state index >= 15 is 0 Å². The number of nitrogens with zero attached hydrogens (tertiary/aromatic N) is 5. The van der Waals surface area contributed by atoms with Crippen molar-refractivity contribution in [1.29, 1.82) is 0 Å². The Morgan fingerprint density at radius 1 is 0.927 bits per heavy atom. The lowest BCUT2D eigenvalue weighted by Gasteiger charge is -2.33. The van der Waals surface area contributed by atoms with Crippen LogP contribution in [0.4, 0.5) is 0 Å². The molecule has 0 N–H and O–H groups in total. The summed E-state index contributed by atoms with van der Waals surface area (Å²) in [6.07, 6.45) is 9.94. The Labute approximate surface area is 245 Å². The Hall–Kier alpha value is -4.40. The topological polar surface area (TPSA) is 88.5 Å². The molecule has 2 heterocycles. The molecule has 1 atom stereocenters. The summed E-state index contributed by atoms with van der Waals surface area (Å²) in [4.78, 5) is 43.3. The first-order valence-corrected chi connectivity index (χ1v) is 13.5. The van der Waals surface area contributed by atoms with Crippen molar-refractivity contribution >= 4 is 29.5 Å². The molecule has 0 aliphatic rings.